The van der Waals surface area contributed by atoms with E-state index in [-0.39, 0.29) is 0 Å². The molecule has 0 spiro atoms. The highest BCUT2D eigenvalue weighted by Gasteiger charge is 1.85. The maximum Gasteiger partial charge on any atom is 0.0181 e. The largest absolute Gasteiger partial charge is 0.161 e. The van der Waals surface area contributed by atoms with Crippen molar-refractivity contribution in [3.05, 3.63) is 66.2 Å². The van der Waals surface area contributed by atoms with Crippen molar-refractivity contribution in [2.45, 2.75) is 17.6 Å². The Hall–Kier alpha value is -0.860. The van der Waals surface area contributed by atoms with Gasteiger partial charge in [-0.05, 0) is 29.7 Å². The molecule has 0 fully saturated rings. The summed E-state index contributed by atoms with van der Waals surface area (Å²) < 4.78 is 0. The topological polar surface area (TPSA) is 0 Å². The lowest BCUT2D eigenvalue weighted by Crippen LogP contribution is -1.74. The van der Waals surface area contributed by atoms with Gasteiger partial charge in [-0.1, -0.05) is 55.5 Å². The van der Waals surface area contributed by atoms with Crippen molar-refractivity contribution in [1.29, 1.82) is 0 Å². The summed E-state index contributed by atoms with van der Waals surface area (Å²) in [6, 6.07) is 20.9. The first-order valence-corrected chi connectivity index (χ1v) is 8.45. The average molecular weight is 276 g/mol. The van der Waals surface area contributed by atoms with E-state index in [0.29, 0.717) is 0 Å². The maximum atomic E-state index is 2.16. The van der Waals surface area contributed by atoms with E-state index >= 15 is 0 Å². The monoisotopic (exact) mass is 276 g/mol. The molecule has 0 unspecified atom stereocenters. The van der Waals surface area contributed by atoms with Crippen LogP contribution in [0.2, 0.25) is 0 Å². The third-order valence-electron chi connectivity index (χ3n) is 2.21. The minimum absolute atomic E-state index is 1.13. The van der Waals surface area contributed by atoms with Gasteiger partial charge in [-0.2, -0.15) is 11.8 Å². The summed E-state index contributed by atoms with van der Waals surface area (Å²) in [5.74, 6) is 2.28. The number of hydrogen-bond donors (Lipinski definition) is 0. The average Bonchev–Trinajstić information content (AvgIpc) is 2.43. The van der Waals surface area contributed by atoms with Crippen molar-refractivity contribution in [2.24, 2.45) is 0 Å². The highest BCUT2D eigenvalue weighted by Crippen LogP contribution is 2.15. The van der Waals surface area contributed by atoms with Crippen molar-refractivity contribution in [3.8, 4) is 0 Å². The van der Waals surface area contributed by atoms with Crippen molar-refractivity contribution >= 4 is 23.5 Å². The van der Waals surface area contributed by atoms with Crippen LogP contribution >= 0.6 is 23.5 Å². The summed E-state index contributed by atoms with van der Waals surface area (Å²) >= 11 is 3.73. The molecule has 0 radical (unpaired) electrons. The Kier molecular flexibility index (Phi) is 8.53. The standard InChI is InChI=1S/2C8H10S/c1-9-7-8-5-3-2-4-6-8;1-2-9-8-6-4-3-5-7-8/h2-6H,7H2,1H3;3-7H,2H2,1H3. The number of benzene rings is 2. The first-order chi connectivity index (χ1) is 8.86. The van der Waals surface area contributed by atoms with Gasteiger partial charge in [-0.25, -0.2) is 0 Å². The molecule has 0 saturated heterocycles. The van der Waals surface area contributed by atoms with E-state index in [1.165, 1.54) is 10.5 Å². The zero-order valence-electron chi connectivity index (χ0n) is 11.0. The van der Waals surface area contributed by atoms with E-state index < -0.39 is 0 Å². The molecule has 2 rings (SSSR count). The SMILES string of the molecule is CCSc1ccccc1.CSCc1ccccc1. The van der Waals surface area contributed by atoms with Crippen LogP contribution in [0.25, 0.3) is 0 Å². The van der Waals surface area contributed by atoms with Crippen LogP contribution in [0, 0.1) is 0 Å². The molecule has 0 amide bonds. The Morgan fingerprint density at radius 3 is 1.89 bits per heavy atom. The van der Waals surface area contributed by atoms with Gasteiger partial charge < -0.3 is 0 Å². The molecule has 0 aliphatic heterocycles. The summed E-state index contributed by atoms with van der Waals surface area (Å²) in [5.41, 5.74) is 1.41. The highest BCUT2D eigenvalue weighted by molar-refractivity contribution is 7.99. The van der Waals surface area contributed by atoms with Gasteiger partial charge >= 0.3 is 0 Å². The third kappa shape index (κ3) is 6.77. The minimum atomic E-state index is 1.13. The van der Waals surface area contributed by atoms with Crippen LogP contribution in [-0.2, 0) is 5.75 Å². The molecule has 96 valence electrons. The second-order valence-corrected chi connectivity index (χ2v) is 5.87. The molecule has 0 bridgehead atoms. The molecule has 0 aromatic heterocycles. The zero-order valence-corrected chi connectivity index (χ0v) is 12.6. The number of hydrogen-bond acceptors (Lipinski definition) is 2. The smallest absolute Gasteiger partial charge is 0.0181 e. The molecule has 0 N–H and O–H groups in total. The van der Waals surface area contributed by atoms with Gasteiger partial charge in [0.1, 0.15) is 0 Å². The van der Waals surface area contributed by atoms with E-state index in [4.69, 9.17) is 0 Å². The number of thioether (sulfide) groups is 2. The van der Waals surface area contributed by atoms with Crippen LogP contribution in [0.5, 0.6) is 0 Å². The maximum absolute atomic E-state index is 2.16. The van der Waals surface area contributed by atoms with Gasteiger partial charge in [0, 0.05) is 10.6 Å². The molecule has 0 atom stereocenters. The number of rotatable bonds is 4. The Bertz CT molecular complexity index is 356. The summed E-state index contributed by atoms with van der Waals surface area (Å²) in [4.78, 5) is 1.36. The van der Waals surface area contributed by atoms with Crippen LogP contribution in [0.3, 0.4) is 0 Å². The Morgan fingerprint density at radius 1 is 0.833 bits per heavy atom. The van der Waals surface area contributed by atoms with Gasteiger partial charge in [0.25, 0.3) is 0 Å². The van der Waals surface area contributed by atoms with E-state index in [0.717, 1.165) is 11.5 Å². The van der Waals surface area contributed by atoms with E-state index in [1.54, 1.807) is 0 Å². The second kappa shape index (κ2) is 10.1. The van der Waals surface area contributed by atoms with Crippen molar-refractivity contribution in [1.82, 2.24) is 0 Å². The summed E-state index contributed by atoms with van der Waals surface area (Å²) in [6.45, 7) is 2.16. The van der Waals surface area contributed by atoms with Crippen molar-refractivity contribution < 1.29 is 0 Å². The lowest BCUT2D eigenvalue weighted by molar-refractivity contribution is 1.42. The van der Waals surface area contributed by atoms with Gasteiger partial charge in [-0.15, -0.1) is 11.8 Å². The molecular formula is C16H20S2. The Balaban J connectivity index is 0.000000180. The molecule has 0 aliphatic carbocycles. The molecule has 0 aliphatic rings. The van der Waals surface area contributed by atoms with Crippen molar-refractivity contribution in [3.63, 3.8) is 0 Å². The van der Waals surface area contributed by atoms with Gasteiger partial charge in [0.15, 0.2) is 0 Å². The Labute approximate surface area is 119 Å². The van der Waals surface area contributed by atoms with Crippen LogP contribution in [0.15, 0.2) is 65.6 Å². The van der Waals surface area contributed by atoms with E-state index in [9.17, 15) is 0 Å². The predicted molar refractivity (Wildman–Crippen MR) is 86.5 cm³/mol. The van der Waals surface area contributed by atoms with Crippen LogP contribution in [0.1, 0.15) is 12.5 Å². The fourth-order valence-corrected chi connectivity index (χ4v) is 2.63. The lowest BCUT2D eigenvalue weighted by atomic mass is 10.2. The fraction of sp³-hybridized carbons (Fsp3) is 0.250. The highest BCUT2D eigenvalue weighted by atomic mass is 32.2. The molecule has 2 aromatic carbocycles. The van der Waals surface area contributed by atoms with Gasteiger partial charge in [0.05, 0.1) is 0 Å². The van der Waals surface area contributed by atoms with Gasteiger partial charge in [0.2, 0.25) is 0 Å². The first-order valence-electron chi connectivity index (χ1n) is 6.07. The summed E-state index contributed by atoms with van der Waals surface area (Å²) in [6.07, 6.45) is 2.12. The summed E-state index contributed by atoms with van der Waals surface area (Å²) in [5, 5.41) is 0. The molecule has 18 heavy (non-hydrogen) atoms. The quantitative estimate of drug-likeness (QED) is 0.691. The molecule has 0 saturated carbocycles. The van der Waals surface area contributed by atoms with E-state index in [2.05, 4.69) is 61.7 Å². The van der Waals surface area contributed by atoms with Gasteiger partial charge in [-0.3, -0.25) is 0 Å². The summed E-state index contributed by atoms with van der Waals surface area (Å²) in [7, 11) is 0. The third-order valence-corrected chi connectivity index (χ3v) is 3.72. The zero-order chi connectivity index (χ0) is 13.1. The predicted octanol–water partition coefficient (Wildman–Crippen LogP) is 5.35. The minimum Gasteiger partial charge on any atom is -0.161 e. The van der Waals surface area contributed by atoms with Crippen molar-refractivity contribution in [2.75, 3.05) is 12.0 Å². The van der Waals surface area contributed by atoms with Crippen LogP contribution < -0.4 is 0 Å². The normalized spacial score (nSPS) is 9.44. The molecule has 2 heteroatoms. The van der Waals surface area contributed by atoms with Crippen LogP contribution in [-0.4, -0.2) is 12.0 Å². The van der Waals surface area contributed by atoms with E-state index in [1.807, 2.05) is 35.7 Å². The first kappa shape index (κ1) is 15.2. The Morgan fingerprint density at radius 2 is 1.39 bits per heavy atom. The molecular weight excluding hydrogens is 256 g/mol. The second-order valence-electron chi connectivity index (χ2n) is 3.66. The fourth-order valence-electron chi connectivity index (χ4n) is 1.42. The molecule has 0 nitrogen and oxygen atoms in total. The molecule has 2 aromatic rings. The molecule has 0 heterocycles. The van der Waals surface area contributed by atoms with Crippen LogP contribution in [0.4, 0.5) is 0 Å². The lowest BCUT2D eigenvalue weighted by Gasteiger charge is -1.93.